The van der Waals surface area contributed by atoms with E-state index in [1.807, 2.05) is 6.92 Å². The summed E-state index contributed by atoms with van der Waals surface area (Å²) in [5.41, 5.74) is 0.964. The van der Waals surface area contributed by atoms with Crippen molar-refractivity contribution in [3.63, 3.8) is 0 Å². The lowest BCUT2D eigenvalue weighted by molar-refractivity contribution is 0.507. The van der Waals surface area contributed by atoms with Crippen molar-refractivity contribution < 1.29 is 12.8 Å². The number of furan rings is 1. The van der Waals surface area contributed by atoms with Gasteiger partial charge in [-0.2, -0.15) is 0 Å². The first-order valence-corrected chi connectivity index (χ1v) is 6.81. The Labute approximate surface area is 106 Å². The second-order valence-corrected chi connectivity index (χ2v) is 5.86. The summed E-state index contributed by atoms with van der Waals surface area (Å²) in [6, 6.07) is 9.48. The van der Waals surface area contributed by atoms with Crippen LogP contribution in [-0.2, 0) is 9.84 Å². The maximum absolute atomic E-state index is 12.3. The number of hydrogen-bond donors (Lipinski definition) is 0. The molecule has 1 aromatic carbocycles. The smallest absolute Gasteiger partial charge is 0.381 e. The molecule has 0 aliphatic carbocycles. The van der Waals surface area contributed by atoms with Gasteiger partial charge in [-0.3, -0.25) is 4.85 Å². The molecule has 0 N–H and O–H groups in total. The Morgan fingerprint density at radius 1 is 1.22 bits per heavy atom. The molecule has 0 radical (unpaired) electrons. The topological polar surface area (TPSA) is 51.6 Å². The number of hydrogen-bond acceptors (Lipinski definition) is 3. The van der Waals surface area contributed by atoms with Crippen molar-refractivity contribution in [2.24, 2.45) is 0 Å². The highest BCUT2D eigenvalue weighted by Gasteiger charge is 2.36. The van der Waals surface area contributed by atoms with Gasteiger partial charge in [0, 0.05) is 0 Å². The highest BCUT2D eigenvalue weighted by atomic mass is 32.2. The van der Waals surface area contributed by atoms with Crippen LogP contribution in [0.4, 0.5) is 0 Å². The molecule has 1 heterocycles. The molecule has 0 fully saturated rings. The van der Waals surface area contributed by atoms with E-state index in [1.165, 1.54) is 24.5 Å². The lowest BCUT2D eigenvalue weighted by Gasteiger charge is -2.05. The zero-order valence-corrected chi connectivity index (χ0v) is 10.5. The second kappa shape index (κ2) is 4.67. The fourth-order valence-electron chi connectivity index (χ4n) is 1.57. The van der Waals surface area contributed by atoms with Crippen molar-refractivity contribution in [2.45, 2.75) is 17.2 Å². The first-order chi connectivity index (χ1) is 8.55. The molecule has 0 saturated carbocycles. The lowest BCUT2D eigenvalue weighted by Crippen LogP contribution is -2.10. The normalized spacial score (nSPS) is 12.9. The van der Waals surface area contributed by atoms with E-state index in [1.54, 1.807) is 18.2 Å². The molecule has 1 aromatic heterocycles. The van der Waals surface area contributed by atoms with Crippen LogP contribution in [0.25, 0.3) is 4.85 Å². The predicted octanol–water partition coefficient (Wildman–Crippen LogP) is 2.98. The summed E-state index contributed by atoms with van der Waals surface area (Å²) in [7, 11) is -3.74. The third-order valence-corrected chi connectivity index (χ3v) is 4.40. The third kappa shape index (κ3) is 2.15. The highest BCUT2D eigenvalue weighted by molar-refractivity contribution is 7.91. The van der Waals surface area contributed by atoms with Gasteiger partial charge in [-0.25, -0.2) is 15.0 Å². The van der Waals surface area contributed by atoms with Crippen molar-refractivity contribution in [3.05, 3.63) is 65.4 Å². The quantitative estimate of drug-likeness (QED) is 0.798. The van der Waals surface area contributed by atoms with Crippen LogP contribution in [0.3, 0.4) is 0 Å². The first-order valence-electron chi connectivity index (χ1n) is 5.26. The minimum Gasteiger partial charge on any atom is -0.460 e. The molecule has 4 nitrogen and oxygen atoms in total. The van der Waals surface area contributed by atoms with Gasteiger partial charge in [-0.05, 0) is 31.2 Å². The van der Waals surface area contributed by atoms with Crippen LogP contribution >= 0.6 is 0 Å². The largest absolute Gasteiger partial charge is 0.460 e. The van der Waals surface area contributed by atoms with Crippen LogP contribution < -0.4 is 0 Å². The Hall–Kier alpha value is -2.06. The molecule has 1 atom stereocenters. The number of aryl methyl sites for hydroxylation is 1. The summed E-state index contributed by atoms with van der Waals surface area (Å²) in [4.78, 5) is 3.30. The zero-order valence-electron chi connectivity index (χ0n) is 9.70. The maximum atomic E-state index is 12.3. The summed E-state index contributed by atoms with van der Waals surface area (Å²) >= 11 is 0. The standard InChI is InChI=1S/C13H11NO3S/c1-10-5-7-11(8-6-10)18(15,16)13(14-2)12-4-3-9-17-12/h3-9,13H,1H3. The summed E-state index contributed by atoms with van der Waals surface area (Å²) in [5.74, 6) is 0.144. The van der Waals surface area contributed by atoms with Crippen molar-refractivity contribution in [3.8, 4) is 0 Å². The molecular formula is C13H11NO3S. The van der Waals surface area contributed by atoms with E-state index in [4.69, 9.17) is 11.0 Å². The predicted molar refractivity (Wildman–Crippen MR) is 66.4 cm³/mol. The van der Waals surface area contributed by atoms with E-state index in [0.29, 0.717) is 0 Å². The summed E-state index contributed by atoms with van der Waals surface area (Å²) in [6.07, 6.45) is 1.36. The van der Waals surface area contributed by atoms with Gasteiger partial charge in [-0.15, -0.1) is 0 Å². The molecule has 0 spiro atoms. The summed E-state index contributed by atoms with van der Waals surface area (Å²) in [5, 5.41) is -1.32. The molecular weight excluding hydrogens is 250 g/mol. The SMILES string of the molecule is [C-]#[N+]C(c1ccco1)S(=O)(=O)c1ccc(C)cc1. The molecule has 2 aromatic rings. The van der Waals surface area contributed by atoms with Gasteiger partial charge in [0.25, 0.3) is 9.84 Å². The van der Waals surface area contributed by atoms with E-state index in [0.717, 1.165) is 5.56 Å². The molecule has 0 aliphatic heterocycles. The van der Waals surface area contributed by atoms with E-state index < -0.39 is 15.2 Å². The Kier molecular flexibility index (Phi) is 3.21. The molecule has 0 aliphatic rings. The molecule has 2 rings (SSSR count). The molecule has 18 heavy (non-hydrogen) atoms. The minimum atomic E-state index is -3.74. The highest BCUT2D eigenvalue weighted by Crippen LogP contribution is 2.30. The Bertz CT molecular complexity index is 664. The van der Waals surface area contributed by atoms with Crippen molar-refractivity contribution in [1.82, 2.24) is 0 Å². The molecule has 0 amide bonds. The molecule has 5 heteroatoms. The van der Waals surface area contributed by atoms with E-state index in [2.05, 4.69) is 4.85 Å². The minimum absolute atomic E-state index is 0.130. The number of nitrogens with zero attached hydrogens (tertiary/aromatic N) is 1. The van der Waals surface area contributed by atoms with Crippen molar-refractivity contribution in [2.75, 3.05) is 0 Å². The first kappa shape index (κ1) is 12.4. The van der Waals surface area contributed by atoms with E-state index in [9.17, 15) is 8.42 Å². The fourth-order valence-corrected chi connectivity index (χ4v) is 2.93. The van der Waals surface area contributed by atoms with Gasteiger partial charge in [0.05, 0.1) is 11.2 Å². The van der Waals surface area contributed by atoms with E-state index >= 15 is 0 Å². The third-order valence-electron chi connectivity index (χ3n) is 2.55. The van der Waals surface area contributed by atoms with Crippen LogP contribution in [-0.4, -0.2) is 8.42 Å². The lowest BCUT2D eigenvalue weighted by atomic mass is 10.2. The van der Waals surface area contributed by atoms with Crippen LogP contribution in [0.1, 0.15) is 16.7 Å². The average Bonchev–Trinajstić information content (AvgIpc) is 2.84. The maximum Gasteiger partial charge on any atom is 0.381 e. The Morgan fingerprint density at radius 3 is 2.39 bits per heavy atom. The molecule has 0 saturated heterocycles. The fraction of sp³-hybridized carbons (Fsp3) is 0.154. The van der Waals surface area contributed by atoms with Gasteiger partial charge in [-0.1, -0.05) is 17.7 Å². The summed E-state index contributed by atoms with van der Waals surface area (Å²) < 4.78 is 29.6. The van der Waals surface area contributed by atoms with Gasteiger partial charge in [0.2, 0.25) is 5.76 Å². The van der Waals surface area contributed by atoms with Crippen LogP contribution in [0, 0.1) is 13.5 Å². The Morgan fingerprint density at radius 2 is 1.89 bits per heavy atom. The monoisotopic (exact) mass is 261 g/mol. The van der Waals surface area contributed by atoms with Crippen LogP contribution in [0.15, 0.2) is 52.0 Å². The number of sulfone groups is 1. The van der Waals surface area contributed by atoms with Gasteiger partial charge >= 0.3 is 5.37 Å². The molecule has 1 unspecified atom stereocenters. The summed E-state index contributed by atoms with van der Waals surface area (Å²) in [6.45, 7) is 8.94. The van der Waals surface area contributed by atoms with Crippen molar-refractivity contribution in [1.29, 1.82) is 0 Å². The van der Waals surface area contributed by atoms with E-state index in [-0.39, 0.29) is 10.7 Å². The second-order valence-electron chi connectivity index (χ2n) is 3.85. The number of benzene rings is 1. The average molecular weight is 261 g/mol. The van der Waals surface area contributed by atoms with Crippen LogP contribution in [0.5, 0.6) is 0 Å². The van der Waals surface area contributed by atoms with Gasteiger partial charge in [0.15, 0.2) is 0 Å². The number of rotatable bonds is 3. The molecule has 0 bridgehead atoms. The zero-order chi connectivity index (χ0) is 13.2. The van der Waals surface area contributed by atoms with Gasteiger partial charge in [0.1, 0.15) is 0 Å². The van der Waals surface area contributed by atoms with Gasteiger partial charge < -0.3 is 4.42 Å². The Balaban J connectivity index is 2.48. The van der Waals surface area contributed by atoms with Crippen molar-refractivity contribution >= 4 is 9.84 Å². The molecule has 92 valence electrons. The van der Waals surface area contributed by atoms with Crippen LogP contribution in [0.2, 0.25) is 0 Å².